The molecular weight excluding hydrogens is 252 g/mol. The van der Waals surface area contributed by atoms with E-state index in [0.717, 1.165) is 29.7 Å². The van der Waals surface area contributed by atoms with Crippen molar-refractivity contribution in [3.05, 3.63) is 42.1 Å². The predicted molar refractivity (Wildman–Crippen MR) is 78.7 cm³/mol. The average molecular weight is 272 g/mol. The number of aromatic nitrogens is 1. The summed E-state index contributed by atoms with van der Waals surface area (Å²) in [5.74, 6) is 0. The molecule has 20 heavy (non-hydrogen) atoms. The fourth-order valence-electron chi connectivity index (χ4n) is 2.61. The van der Waals surface area contributed by atoms with Crippen LogP contribution in [0.15, 0.2) is 36.4 Å². The molecule has 3 rings (SSSR count). The van der Waals surface area contributed by atoms with E-state index >= 15 is 0 Å². The maximum absolute atomic E-state index is 10.3. The lowest BCUT2D eigenvalue weighted by Gasteiger charge is -2.32. The third-order valence-electron chi connectivity index (χ3n) is 3.80. The van der Waals surface area contributed by atoms with Crippen molar-refractivity contribution in [1.82, 2.24) is 9.88 Å². The summed E-state index contributed by atoms with van der Waals surface area (Å²) < 4.78 is 5.65. The van der Waals surface area contributed by atoms with Crippen LogP contribution in [-0.2, 0) is 11.2 Å². The number of hydrogen-bond acceptors (Lipinski definition) is 4. The fraction of sp³-hybridized carbons (Fsp3) is 0.438. The van der Waals surface area contributed by atoms with E-state index in [1.807, 2.05) is 30.3 Å². The van der Waals surface area contributed by atoms with E-state index in [2.05, 4.69) is 23.0 Å². The number of benzene rings is 1. The summed E-state index contributed by atoms with van der Waals surface area (Å²) in [5, 5.41) is 11.4. The zero-order valence-corrected chi connectivity index (χ0v) is 11.7. The minimum Gasteiger partial charge on any atom is -0.390 e. The Labute approximate surface area is 119 Å². The van der Waals surface area contributed by atoms with Crippen LogP contribution in [0.2, 0.25) is 0 Å². The molecule has 106 valence electrons. The van der Waals surface area contributed by atoms with Gasteiger partial charge in [0.05, 0.1) is 24.3 Å². The minimum atomic E-state index is -0.508. The van der Waals surface area contributed by atoms with Gasteiger partial charge < -0.3 is 14.7 Å². The molecule has 4 nitrogen and oxygen atoms in total. The molecule has 1 aromatic heterocycles. The van der Waals surface area contributed by atoms with Crippen molar-refractivity contribution in [1.29, 1.82) is 0 Å². The summed E-state index contributed by atoms with van der Waals surface area (Å²) in [6.07, 6.45) is -0.1000. The van der Waals surface area contributed by atoms with E-state index in [1.165, 1.54) is 0 Å². The highest BCUT2D eigenvalue weighted by molar-refractivity contribution is 5.78. The maximum Gasteiger partial charge on any atom is 0.0964 e. The molecule has 1 aromatic carbocycles. The quantitative estimate of drug-likeness (QED) is 0.919. The van der Waals surface area contributed by atoms with Gasteiger partial charge >= 0.3 is 0 Å². The molecule has 0 bridgehead atoms. The first kappa shape index (κ1) is 13.5. The number of nitrogens with zero attached hydrogens (tertiary/aromatic N) is 2. The fourth-order valence-corrected chi connectivity index (χ4v) is 2.61. The number of ether oxygens (including phenoxy) is 1. The molecule has 0 spiro atoms. The van der Waals surface area contributed by atoms with Crippen LogP contribution >= 0.6 is 0 Å². The van der Waals surface area contributed by atoms with E-state index in [-0.39, 0.29) is 6.10 Å². The highest BCUT2D eigenvalue weighted by atomic mass is 16.5. The van der Waals surface area contributed by atoms with E-state index < -0.39 is 6.10 Å². The topological polar surface area (TPSA) is 45.6 Å². The largest absolute Gasteiger partial charge is 0.390 e. The van der Waals surface area contributed by atoms with Gasteiger partial charge in [-0.05, 0) is 19.2 Å². The summed E-state index contributed by atoms with van der Waals surface area (Å²) in [4.78, 5) is 6.79. The van der Waals surface area contributed by atoms with Gasteiger partial charge in [-0.1, -0.05) is 24.3 Å². The Kier molecular flexibility index (Phi) is 3.96. The van der Waals surface area contributed by atoms with Gasteiger partial charge in [-0.3, -0.25) is 4.98 Å². The highest BCUT2D eigenvalue weighted by Gasteiger charge is 2.25. The molecule has 4 heteroatoms. The van der Waals surface area contributed by atoms with E-state index in [9.17, 15) is 5.11 Å². The second-order valence-corrected chi connectivity index (χ2v) is 5.44. The standard InChI is InChI=1S/C16H20N2O2/c1-18-8-9-20-16(11-18)15(19)10-13-7-6-12-4-2-3-5-14(12)17-13/h2-7,15-16,19H,8-11H2,1H3. The molecule has 1 aliphatic heterocycles. The van der Waals surface area contributed by atoms with Gasteiger partial charge in [0.2, 0.25) is 0 Å². The Balaban J connectivity index is 1.71. The first-order valence-electron chi connectivity index (χ1n) is 7.05. The Morgan fingerprint density at radius 3 is 3.05 bits per heavy atom. The Bertz CT molecular complexity index is 587. The van der Waals surface area contributed by atoms with Crippen molar-refractivity contribution in [2.24, 2.45) is 0 Å². The van der Waals surface area contributed by atoms with Crippen LogP contribution < -0.4 is 0 Å². The van der Waals surface area contributed by atoms with Crippen molar-refractivity contribution >= 4 is 10.9 Å². The molecule has 1 aliphatic rings. The number of hydrogen-bond donors (Lipinski definition) is 1. The number of para-hydroxylation sites is 1. The van der Waals surface area contributed by atoms with Crippen LogP contribution in [0.4, 0.5) is 0 Å². The smallest absolute Gasteiger partial charge is 0.0964 e. The minimum absolute atomic E-state index is 0.123. The SMILES string of the molecule is CN1CCOC(C(O)Cc2ccc3ccccc3n2)C1. The van der Waals surface area contributed by atoms with E-state index in [0.29, 0.717) is 13.0 Å². The van der Waals surface area contributed by atoms with E-state index in [1.54, 1.807) is 0 Å². The summed E-state index contributed by atoms with van der Waals surface area (Å²) in [6, 6.07) is 12.1. The summed E-state index contributed by atoms with van der Waals surface area (Å²) in [7, 11) is 2.05. The van der Waals surface area contributed by atoms with Gasteiger partial charge in [0.25, 0.3) is 0 Å². The van der Waals surface area contributed by atoms with Crippen LogP contribution in [0.1, 0.15) is 5.69 Å². The number of fused-ring (bicyclic) bond motifs is 1. The monoisotopic (exact) mass is 272 g/mol. The van der Waals surface area contributed by atoms with Gasteiger partial charge in [-0.2, -0.15) is 0 Å². The molecule has 0 amide bonds. The van der Waals surface area contributed by atoms with Crippen molar-refractivity contribution < 1.29 is 9.84 Å². The molecule has 2 aromatic rings. The number of aliphatic hydroxyl groups is 1. The molecular formula is C16H20N2O2. The summed E-state index contributed by atoms with van der Waals surface area (Å²) in [6.45, 7) is 2.38. The van der Waals surface area contributed by atoms with Gasteiger partial charge in [0, 0.05) is 30.6 Å². The van der Waals surface area contributed by atoms with Gasteiger partial charge in [0.15, 0.2) is 0 Å². The number of likely N-dealkylation sites (N-methyl/N-ethyl adjacent to an activating group) is 1. The molecule has 0 saturated carbocycles. The van der Waals surface area contributed by atoms with Crippen LogP contribution in [0.3, 0.4) is 0 Å². The predicted octanol–water partition coefficient (Wildman–Crippen LogP) is 1.47. The molecule has 1 saturated heterocycles. The molecule has 1 fully saturated rings. The van der Waals surface area contributed by atoms with Crippen LogP contribution in [0, 0.1) is 0 Å². The van der Waals surface area contributed by atoms with Gasteiger partial charge in [0.1, 0.15) is 0 Å². The lowest BCUT2D eigenvalue weighted by Crippen LogP contribution is -2.46. The third-order valence-corrected chi connectivity index (χ3v) is 3.80. The van der Waals surface area contributed by atoms with Crippen LogP contribution in [0.25, 0.3) is 10.9 Å². The Hall–Kier alpha value is -1.49. The van der Waals surface area contributed by atoms with E-state index in [4.69, 9.17) is 4.74 Å². The summed E-state index contributed by atoms with van der Waals surface area (Å²) >= 11 is 0. The van der Waals surface area contributed by atoms with Crippen LogP contribution in [-0.4, -0.2) is 53.9 Å². The van der Waals surface area contributed by atoms with Crippen LogP contribution in [0.5, 0.6) is 0 Å². The molecule has 0 aliphatic carbocycles. The molecule has 2 heterocycles. The Morgan fingerprint density at radius 1 is 1.35 bits per heavy atom. The Morgan fingerprint density at radius 2 is 2.20 bits per heavy atom. The number of aliphatic hydroxyl groups excluding tert-OH is 1. The number of pyridine rings is 1. The first-order chi connectivity index (χ1) is 9.72. The first-order valence-corrected chi connectivity index (χ1v) is 7.05. The second-order valence-electron chi connectivity index (χ2n) is 5.44. The molecule has 2 unspecified atom stereocenters. The lowest BCUT2D eigenvalue weighted by atomic mass is 10.1. The zero-order valence-electron chi connectivity index (χ0n) is 11.7. The molecule has 0 radical (unpaired) electrons. The lowest BCUT2D eigenvalue weighted by molar-refractivity contribution is -0.0825. The highest BCUT2D eigenvalue weighted by Crippen LogP contribution is 2.15. The molecule has 2 atom stereocenters. The normalized spacial score (nSPS) is 22.0. The van der Waals surface area contributed by atoms with Gasteiger partial charge in [-0.15, -0.1) is 0 Å². The van der Waals surface area contributed by atoms with Crippen molar-refractivity contribution in [3.63, 3.8) is 0 Å². The van der Waals surface area contributed by atoms with Gasteiger partial charge in [-0.25, -0.2) is 0 Å². The summed E-state index contributed by atoms with van der Waals surface area (Å²) in [5.41, 5.74) is 1.88. The van der Waals surface area contributed by atoms with Crippen molar-refractivity contribution in [2.75, 3.05) is 26.7 Å². The third kappa shape index (κ3) is 2.98. The zero-order chi connectivity index (χ0) is 13.9. The second kappa shape index (κ2) is 5.87. The average Bonchev–Trinajstić information content (AvgIpc) is 2.47. The molecule has 1 N–H and O–H groups in total. The van der Waals surface area contributed by atoms with Crippen molar-refractivity contribution in [2.45, 2.75) is 18.6 Å². The number of rotatable bonds is 3. The maximum atomic E-state index is 10.3. The van der Waals surface area contributed by atoms with Crippen molar-refractivity contribution in [3.8, 4) is 0 Å². The number of morpholine rings is 1.